The first-order chi connectivity index (χ1) is 10.8. The predicted molar refractivity (Wildman–Crippen MR) is 85.1 cm³/mol. The van der Waals surface area contributed by atoms with Gasteiger partial charge in [-0.3, -0.25) is 4.79 Å². The van der Waals surface area contributed by atoms with Gasteiger partial charge in [0.1, 0.15) is 11.4 Å². The summed E-state index contributed by atoms with van der Waals surface area (Å²) in [6.45, 7) is 5.89. The number of carbonyl (C=O) groups is 1. The number of nitrogens with zero attached hydrogens (tertiary/aromatic N) is 1. The zero-order valence-electron chi connectivity index (χ0n) is 13.4. The van der Waals surface area contributed by atoms with Gasteiger partial charge in [0.05, 0.1) is 5.52 Å². The third-order valence-electron chi connectivity index (χ3n) is 3.84. The Labute approximate surface area is 133 Å². The Morgan fingerprint density at radius 2 is 2.04 bits per heavy atom. The molecule has 1 aliphatic rings. The van der Waals surface area contributed by atoms with E-state index in [1.165, 1.54) is 12.1 Å². The summed E-state index contributed by atoms with van der Waals surface area (Å²) in [6.07, 6.45) is -0.548. The van der Waals surface area contributed by atoms with Gasteiger partial charge in [0, 0.05) is 30.6 Å². The average Bonchev–Trinajstić information content (AvgIpc) is 2.83. The van der Waals surface area contributed by atoms with Crippen molar-refractivity contribution in [3.05, 3.63) is 46.0 Å². The van der Waals surface area contributed by atoms with Crippen molar-refractivity contribution in [3.8, 4) is 0 Å². The molecule has 122 valence electrons. The molecule has 1 aromatic heterocycles. The zero-order valence-corrected chi connectivity index (χ0v) is 13.4. The van der Waals surface area contributed by atoms with Gasteiger partial charge >= 0.3 is 6.09 Å². The minimum absolute atomic E-state index is 0.163. The van der Waals surface area contributed by atoms with E-state index in [2.05, 4.69) is 5.32 Å². The minimum atomic E-state index is -0.592. The van der Waals surface area contributed by atoms with Crippen LogP contribution < -0.4 is 10.9 Å². The number of pyridine rings is 1. The summed E-state index contributed by atoms with van der Waals surface area (Å²) >= 11 is 0. The molecule has 1 atom stereocenters. The third kappa shape index (κ3) is 2.93. The molecule has 0 fully saturated rings. The number of hydrogen-bond acceptors (Lipinski definition) is 3. The van der Waals surface area contributed by atoms with E-state index in [0.29, 0.717) is 17.6 Å². The van der Waals surface area contributed by atoms with Gasteiger partial charge in [-0.2, -0.15) is 0 Å². The van der Waals surface area contributed by atoms with Gasteiger partial charge in [-0.25, -0.2) is 9.18 Å². The molecular formula is C17H19FN2O3. The Hall–Kier alpha value is -2.37. The summed E-state index contributed by atoms with van der Waals surface area (Å²) in [4.78, 5) is 23.8. The minimum Gasteiger partial charge on any atom is -0.444 e. The SMILES string of the molecule is CC(C)(C)OC(=O)NCC1Cn2c(=O)ccc3ccc(F)c1c32. The van der Waals surface area contributed by atoms with Crippen LogP contribution in [-0.2, 0) is 11.3 Å². The molecule has 23 heavy (non-hydrogen) atoms. The highest BCUT2D eigenvalue weighted by atomic mass is 19.1. The maximum atomic E-state index is 14.3. The average molecular weight is 318 g/mol. The topological polar surface area (TPSA) is 60.3 Å². The van der Waals surface area contributed by atoms with E-state index in [1.807, 2.05) is 0 Å². The molecule has 1 N–H and O–H groups in total. The fraction of sp³-hybridized carbons (Fsp3) is 0.412. The molecule has 2 heterocycles. The first-order valence-electron chi connectivity index (χ1n) is 7.55. The Morgan fingerprint density at radius 3 is 2.74 bits per heavy atom. The van der Waals surface area contributed by atoms with E-state index in [0.717, 1.165) is 5.39 Å². The number of carbonyl (C=O) groups excluding carboxylic acids is 1. The van der Waals surface area contributed by atoms with Gasteiger partial charge in [-0.15, -0.1) is 0 Å². The van der Waals surface area contributed by atoms with Gasteiger partial charge in [-0.05, 0) is 44.4 Å². The molecule has 0 saturated carbocycles. The van der Waals surface area contributed by atoms with Gasteiger partial charge in [-0.1, -0.05) is 0 Å². The molecule has 0 bridgehead atoms. The van der Waals surface area contributed by atoms with Crippen LogP contribution >= 0.6 is 0 Å². The molecule has 1 amide bonds. The second-order valence-electron chi connectivity index (χ2n) is 6.76. The monoisotopic (exact) mass is 318 g/mol. The van der Waals surface area contributed by atoms with Crippen molar-refractivity contribution in [2.24, 2.45) is 0 Å². The van der Waals surface area contributed by atoms with E-state index < -0.39 is 11.7 Å². The summed E-state index contributed by atoms with van der Waals surface area (Å²) in [5.41, 5.74) is 0.346. The molecule has 0 radical (unpaired) electrons. The number of aromatic nitrogens is 1. The Morgan fingerprint density at radius 1 is 1.35 bits per heavy atom. The summed E-state index contributed by atoms with van der Waals surface area (Å²) in [6, 6.07) is 6.24. The van der Waals surface area contributed by atoms with E-state index in [4.69, 9.17) is 4.74 Å². The number of hydrogen-bond donors (Lipinski definition) is 1. The van der Waals surface area contributed by atoms with Crippen molar-refractivity contribution in [2.75, 3.05) is 6.54 Å². The number of halogens is 1. The van der Waals surface area contributed by atoms with Crippen LogP contribution in [-0.4, -0.2) is 22.8 Å². The van der Waals surface area contributed by atoms with Crippen molar-refractivity contribution in [1.82, 2.24) is 9.88 Å². The van der Waals surface area contributed by atoms with Crippen LogP contribution in [0.5, 0.6) is 0 Å². The highest BCUT2D eigenvalue weighted by Gasteiger charge is 2.29. The van der Waals surface area contributed by atoms with Gasteiger partial charge in [0.25, 0.3) is 5.56 Å². The Balaban J connectivity index is 1.86. The van der Waals surface area contributed by atoms with Crippen molar-refractivity contribution >= 4 is 17.0 Å². The second-order valence-corrected chi connectivity index (χ2v) is 6.76. The molecular weight excluding hydrogens is 299 g/mol. The van der Waals surface area contributed by atoms with E-state index in [9.17, 15) is 14.0 Å². The fourth-order valence-electron chi connectivity index (χ4n) is 2.97. The Bertz CT molecular complexity index is 836. The van der Waals surface area contributed by atoms with Gasteiger partial charge in [0.15, 0.2) is 0 Å². The van der Waals surface area contributed by atoms with Crippen LogP contribution in [0.15, 0.2) is 29.1 Å². The number of amides is 1. The molecule has 3 rings (SSSR count). The largest absolute Gasteiger partial charge is 0.444 e. The lowest BCUT2D eigenvalue weighted by molar-refractivity contribution is 0.0524. The zero-order chi connectivity index (χ0) is 16.8. The maximum Gasteiger partial charge on any atom is 0.407 e. The predicted octanol–water partition coefficient (Wildman–Crippen LogP) is 2.76. The van der Waals surface area contributed by atoms with Crippen LogP contribution in [0.3, 0.4) is 0 Å². The fourth-order valence-corrected chi connectivity index (χ4v) is 2.97. The molecule has 0 saturated heterocycles. The normalized spacial score (nSPS) is 16.6. The molecule has 5 nitrogen and oxygen atoms in total. The summed E-state index contributed by atoms with van der Waals surface area (Å²) in [5.74, 6) is -0.647. The lowest BCUT2D eigenvalue weighted by Gasteiger charge is -2.20. The van der Waals surface area contributed by atoms with Crippen LogP contribution in [0, 0.1) is 5.82 Å². The number of ether oxygens (including phenoxy) is 1. The highest BCUT2D eigenvalue weighted by Crippen LogP contribution is 2.34. The molecule has 1 aliphatic heterocycles. The lowest BCUT2D eigenvalue weighted by atomic mass is 9.99. The number of alkyl carbamates (subject to hydrolysis) is 1. The van der Waals surface area contributed by atoms with Crippen LogP contribution in [0.1, 0.15) is 32.3 Å². The van der Waals surface area contributed by atoms with Crippen molar-refractivity contribution in [2.45, 2.75) is 38.8 Å². The van der Waals surface area contributed by atoms with Crippen LogP contribution in [0.4, 0.5) is 9.18 Å². The molecule has 0 spiro atoms. The van der Waals surface area contributed by atoms with Crippen molar-refractivity contribution < 1.29 is 13.9 Å². The highest BCUT2D eigenvalue weighted by molar-refractivity contribution is 5.84. The Kier molecular flexibility index (Phi) is 3.62. The van der Waals surface area contributed by atoms with Crippen LogP contribution in [0.2, 0.25) is 0 Å². The second kappa shape index (κ2) is 5.37. The molecule has 2 aromatic rings. The first-order valence-corrected chi connectivity index (χ1v) is 7.55. The summed E-state index contributed by atoms with van der Waals surface area (Å²) in [5, 5.41) is 3.48. The molecule has 0 aliphatic carbocycles. The van der Waals surface area contributed by atoms with E-state index in [-0.39, 0.29) is 23.8 Å². The molecule has 1 unspecified atom stereocenters. The number of nitrogens with one attached hydrogen (secondary N) is 1. The summed E-state index contributed by atoms with van der Waals surface area (Å²) < 4.78 is 21.0. The maximum absolute atomic E-state index is 14.3. The van der Waals surface area contributed by atoms with Crippen molar-refractivity contribution in [3.63, 3.8) is 0 Å². The van der Waals surface area contributed by atoms with E-state index in [1.54, 1.807) is 37.5 Å². The summed E-state index contributed by atoms with van der Waals surface area (Å²) in [7, 11) is 0. The quantitative estimate of drug-likeness (QED) is 0.926. The first kappa shape index (κ1) is 15.5. The van der Waals surface area contributed by atoms with Crippen LogP contribution in [0.25, 0.3) is 10.9 Å². The lowest BCUT2D eigenvalue weighted by Crippen LogP contribution is -2.35. The molecule has 1 aromatic carbocycles. The van der Waals surface area contributed by atoms with Gasteiger partial charge in [0.2, 0.25) is 0 Å². The van der Waals surface area contributed by atoms with Gasteiger partial charge < -0.3 is 14.6 Å². The van der Waals surface area contributed by atoms with Crippen molar-refractivity contribution in [1.29, 1.82) is 0 Å². The van der Waals surface area contributed by atoms with E-state index >= 15 is 0 Å². The number of benzene rings is 1. The number of rotatable bonds is 2. The smallest absolute Gasteiger partial charge is 0.407 e. The third-order valence-corrected chi connectivity index (χ3v) is 3.84. The molecule has 6 heteroatoms. The standard InChI is InChI=1S/C17H19FN2O3/c1-17(2,3)23-16(22)19-8-11-9-20-13(21)7-5-10-4-6-12(18)14(11)15(10)20/h4-7,11H,8-9H2,1-3H3,(H,19,22).